The average molecular weight is 382 g/mol. The summed E-state index contributed by atoms with van der Waals surface area (Å²) in [6.07, 6.45) is 5.04. The first-order chi connectivity index (χ1) is 13.4. The molecule has 0 aliphatic heterocycles. The van der Waals surface area contributed by atoms with Gasteiger partial charge in [-0.3, -0.25) is 0 Å². The highest BCUT2D eigenvalue weighted by molar-refractivity contribution is 5.91. The number of hydrogen-bond acceptors (Lipinski definition) is 4. The van der Waals surface area contributed by atoms with E-state index in [-0.39, 0.29) is 11.9 Å². The molecular weight excluding hydrogens is 350 g/mol. The second kappa shape index (κ2) is 8.89. The fourth-order valence-electron chi connectivity index (χ4n) is 4.09. The first-order valence-electron chi connectivity index (χ1n) is 10.1. The summed E-state index contributed by atoms with van der Waals surface area (Å²) in [7, 11) is 4.08. The Balaban J connectivity index is 1.75. The number of hydrogen-bond donors (Lipinski definition) is 1. The Kier molecular flexibility index (Phi) is 6.53. The molecule has 0 amide bonds. The van der Waals surface area contributed by atoms with Gasteiger partial charge in [0.15, 0.2) is 0 Å². The zero-order valence-corrected chi connectivity index (χ0v) is 17.1. The van der Waals surface area contributed by atoms with Gasteiger partial charge < -0.3 is 14.7 Å². The number of benzene rings is 2. The Bertz CT molecular complexity index is 775. The molecule has 0 unspecified atom stereocenters. The Morgan fingerprint density at radius 2 is 1.64 bits per heavy atom. The van der Waals surface area contributed by atoms with E-state index in [1.54, 1.807) is 12.1 Å². The molecule has 4 heteroatoms. The molecule has 2 aromatic carbocycles. The third-order valence-electron chi connectivity index (χ3n) is 5.70. The zero-order valence-electron chi connectivity index (χ0n) is 17.1. The van der Waals surface area contributed by atoms with E-state index in [9.17, 15) is 9.90 Å². The van der Waals surface area contributed by atoms with Crippen molar-refractivity contribution in [1.29, 1.82) is 0 Å². The van der Waals surface area contributed by atoms with Crippen molar-refractivity contribution >= 4 is 5.97 Å². The molecule has 1 fully saturated rings. The van der Waals surface area contributed by atoms with Crippen molar-refractivity contribution in [2.24, 2.45) is 0 Å². The first-order valence-corrected chi connectivity index (χ1v) is 10.1. The smallest absolute Gasteiger partial charge is 0.343 e. The van der Waals surface area contributed by atoms with Gasteiger partial charge in [-0.25, -0.2) is 4.79 Å². The van der Waals surface area contributed by atoms with Gasteiger partial charge in [-0.05, 0) is 63.7 Å². The second-order valence-electron chi connectivity index (χ2n) is 8.30. The summed E-state index contributed by atoms with van der Waals surface area (Å²) in [5, 5.41) is 11.3. The minimum absolute atomic E-state index is 0.0460. The summed E-state index contributed by atoms with van der Waals surface area (Å²) in [5.41, 5.74) is 2.07. The van der Waals surface area contributed by atoms with Crippen molar-refractivity contribution in [2.75, 3.05) is 20.6 Å². The lowest BCUT2D eigenvalue weighted by Crippen LogP contribution is -2.42. The second-order valence-corrected chi connectivity index (χ2v) is 8.30. The van der Waals surface area contributed by atoms with Gasteiger partial charge in [-0.1, -0.05) is 49.1 Å². The lowest BCUT2D eigenvalue weighted by molar-refractivity contribution is -0.0277. The maximum absolute atomic E-state index is 12.3. The number of carbonyl (C=O) groups is 1. The first kappa shape index (κ1) is 20.6. The maximum atomic E-state index is 12.3. The van der Waals surface area contributed by atoms with E-state index in [4.69, 9.17) is 4.74 Å². The lowest BCUT2D eigenvalue weighted by atomic mass is 9.72. The number of rotatable bonds is 6. The van der Waals surface area contributed by atoms with Crippen molar-refractivity contribution in [1.82, 2.24) is 4.90 Å². The molecule has 0 saturated heterocycles. The number of aliphatic hydroxyl groups is 1. The zero-order chi connectivity index (χ0) is 20.1. The molecule has 150 valence electrons. The van der Waals surface area contributed by atoms with Crippen molar-refractivity contribution < 1.29 is 14.6 Å². The monoisotopic (exact) mass is 381 g/mol. The van der Waals surface area contributed by atoms with Crippen LogP contribution in [0.25, 0.3) is 0 Å². The van der Waals surface area contributed by atoms with Gasteiger partial charge in [0.2, 0.25) is 0 Å². The Morgan fingerprint density at radius 3 is 2.21 bits per heavy atom. The Labute approximate surface area is 168 Å². The number of carbonyl (C=O) groups excluding carboxylic acids is 1. The summed E-state index contributed by atoms with van der Waals surface area (Å²) in [6, 6.07) is 15.0. The van der Waals surface area contributed by atoms with Crippen LogP contribution in [0.2, 0.25) is 0 Å². The van der Waals surface area contributed by atoms with Crippen LogP contribution in [0, 0.1) is 6.92 Å². The predicted molar refractivity (Wildman–Crippen MR) is 112 cm³/mol. The highest BCUT2D eigenvalue weighted by Gasteiger charge is 2.38. The normalized spacial score (nSPS) is 17.3. The molecule has 28 heavy (non-hydrogen) atoms. The topological polar surface area (TPSA) is 49.8 Å². The highest BCUT2D eigenvalue weighted by Crippen LogP contribution is 2.40. The van der Waals surface area contributed by atoms with Crippen LogP contribution >= 0.6 is 0 Å². The third kappa shape index (κ3) is 5.00. The molecule has 4 nitrogen and oxygen atoms in total. The standard InChI is InChI=1S/C24H31NO3/c1-18-7-9-20(10-8-18)23(26)28-21-13-11-19(12-14-21)22(17-25(2)3)24(27)15-5-4-6-16-24/h7-14,22,27H,4-6,15-17H2,1-3H3/t22-/m0/s1. The molecule has 3 rings (SSSR count). The molecule has 1 aliphatic carbocycles. The van der Waals surface area contributed by atoms with Crippen LogP contribution in [0.15, 0.2) is 48.5 Å². The molecule has 2 aromatic rings. The van der Waals surface area contributed by atoms with Gasteiger partial charge in [0.25, 0.3) is 0 Å². The SMILES string of the molecule is Cc1ccc(C(=O)Oc2ccc([C@H](CN(C)C)C3(O)CCCCC3)cc2)cc1. The van der Waals surface area contributed by atoms with Crippen molar-refractivity contribution in [3.63, 3.8) is 0 Å². The van der Waals surface area contributed by atoms with Crippen LogP contribution in [-0.4, -0.2) is 42.2 Å². The van der Waals surface area contributed by atoms with E-state index in [1.807, 2.05) is 57.4 Å². The highest BCUT2D eigenvalue weighted by atomic mass is 16.5. The number of likely N-dealkylation sites (N-methyl/N-ethyl adjacent to an activating group) is 1. The third-order valence-corrected chi connectivity index (χ3v) is 5.70. The molecule has 0 aromatic heterocycles. The fraction of sp³-hybridized carbons (Fsp3) is 0.458. The van der Waals surface area contributed by atoms with Crippen LogP contribution < -0.4 is 4.74 Å². The van der Waals surface area contributed by atoms with Gasteiger partial charge in [0, 0.05) is 12.5 Å². The maximum Gasteiger partial charge on any atom is 0.343 e. The van der Waals surface area contributed by atoms with E-state index >= 15 is 0 Å². The van der Waals surface area contributed by atoms with Gasteiger partial charge in [-0.2, -0.15) is 0 Å². The van der Waals surface area contributed by atoms with Crippen LogP contribution in [0.5, 0.6) is 5.75 Å². The van der Waals surface area contributed by atoms with Gasteiger partial charge in [-0.15, -0.1) is 0 Å². The van der Waals surface area contributed by atoms with E-state index < -0.39 is 5.60 Å². The minimum Gasteiger partial charge on any atom is -0.423 e. The van der Waals surface area contributed by atoms with Crippen molar-refractivity contribution in [2.45, 2.75) is 50.5 Å². The quantitative estimate of drug-likeness (QED) is 0.589. The molecule has 0 radical (unpaired) electrons. The summed E-state index contributed by atoms with van der Waals surface area (Å²) in [5.74, 6) is 0.210. The fourth-order valence-corrected chi connectivity index (χ4v) is 4.09. The van der Waals surface area contributed by atoms with Crippen LogP contribution in [-0.2, 0) is 0 Å². The molecule has 1 N–H and O–H groups in total. The van der Waals surface area contributed by atoms with Crippen LogP contribution in [0.1, 0.15) is 59.5 Å². The predicted octanol–water partition coefficient (Wildman–Crippen LogP) is 4.55. The van der Waals surface area contributed by atoms with E-state index in [2.05, 4.69) is 4.90 Å². The van der Waals surface area contributed by atoms with Gasteiger partial charge in [0.1, 0.15) is 5.75 Å². The molecule has 1 atom stereocenters. The van der Waals surface area contributed by atoms with E-state index in [0.717, 1.165) is 43.4 Å². The largest absolute Gasteiger partial charge is 0.423 e. The Morgan fingerprint density at radius 1 is 1.04 bits per heavy atom. The van der Waals surface area contributed by atoms with E-state index in [0.29, 0.717) is 11.3 Å². The summed E-state index contributed by atoms with van der Waals surface area (Å²) in [4.78, 5) is 14.4. The lowest BCUT2D eigenvalue weighted by Gasteiger charge is -2.40. The number of ether oxygens (including phenoxy) is 1. The van der Waals surface area contributed by atoms with Crippen LogP contribution in [0.3, 0.4) is 0 Å². The molecule has 1 aliphatic rings. The molecule has 0 heterocycles. The average Bonchev–Trinajstić information content (AvgIpc) is 2.68. The number of aryl methyl sites for hydroxylation is 1. The van der Waals surface area contributed by atoms with Crippen LogP contribution in [0.4, 0.5) is 0 Å². The van der Waals surface area contributed by atoms with Crippen molar-refractivity contribution in [3.8, 4) is 5.75 Å². The van der Waals surface area contributed by atoms with Gasteiger partial charge in [0.05, 0.1) is 11.2 Å². The molecule has 1 saturated carbocycles. The summed E-state index contributed by atoms with van der Waals surface area (Å²) >= 11 is 0. The minimum atomic E-state index is -0.664. The number of esters is 1. The molecule has 0 bridgehead atoms. The van der Waals surface area contributed by atoms with Crippen molar-refractivity contribution in [3.05, 3.63) is 65.2 Å². The Hall–Kier alpha value is -2.17. The molecular formula is C24H31NO3. The van der Waals surface area contributed by atoms with Gasteiger partial charge >= 0.3 is 5.97 Å². The number of nitrogens with zero attached hydrogens (tertiary/aromatic N) is 1. The summed E-state index contributed by atoms with van der Waals surface area (Å²) < 4.78 is 5.51. The summed E-state index contributed by atoms with van der Waals surface area (Å²) in [6.45, 7) is 2.78. The molecule has 0 spiro atoms. The van der Waals surface area contributed by atoms with E-state index in [1.165, 1.54) is 6.42 Å².